The fraction of sp³-hybridized carbons (Fsp3) is 0. The number of ether oxygens (including phenoxy) is 1. The van der Waals surface area contributed by atoms with Crippen molar-refractivity contribution in [1.29, 1.82) is 0 Å². The summed E-state index contributed by atoms with van der Waals surface area (Å²) < 4.78 is 19.1. The minimum Gasteiger partial charge on any atom is -0.447 e. The lowest BCUT2D eigenvalue weighted by atomic mass is 10.2. The summed E-state index contributed by atoms with van der Waals surface area (Å²) in [6, 6.07) is 9.21. The largest absolute Gasteiger partial charge is 0.447 e. The van der Waals surface area contributed by atoms with Gasteiger partial charge >= 0.3 is 5.69 Å². The van der Waals surface area contributed by atoms with Crippen LogP contribution >= 0.6 is 0 Å². The van der Waals surface area contributed by atoms with Crippen LogP contribution < -0.4 is 10.5 Å². The van der Waals surface area contributed by atoms with Crippen molar-refractivity contribution in [2.24, 2.45) is 10.9 Å². The Morgan fingerprint density at radius 2 is 2.00 bits per heavy atom. The Bertz CT molecular complexity index is 718. The van der Waals surface area contributed by atoms with Crippen LogP contribution in [0.25, 0.3) is 0 Å². The van der Waals surface area contributed by atoms with E-state index in [2.05, 4.69) is 5.16 Å². The predicted octanol–water partition coefficient (Wildman–Crippen LogP) is 2.62. The van der Waals surface area contributed by atoms with Gasteiger partial charge in [0.2, 0.25) is 5.75 Å². The van der Waals surface area contributed by atoms with Crippen LogP contribution in [0.15, 0.2) is 47.6 Å². The molecule has 0 saturated carbocycles. The lowest BCUT2D eigenvalue weighted by Crippen LogP contribution is -2.13. The van der Waals surface area contributed by atoms with Crippen LogP contribution in [0.1, 0.15) is 5.56 Å². The van der Waals surface area contributed by atoms with Crippen LogP contribution in [0.3, 0.4) is 0 Å². The summed E-state index contributed by atoms with van der Waals surface area (Å²) in [5.74, 6) is -1.35. The second kappa shape index (κ2) is 5.87. The van der Waals surface area contributed by atoms with E-state index in [0.717, 1.165) is 6.07 Å². The fourth-order valence-corrected chi connectivity index (χ4v) is 1.61. The standard InChI is InChI=1S/C13H10FN3O4/c14-9-7-8(13(15)16-18)5-6-11(9)21-12-4-2-1-3-10(12)17(19)20/h1-7,18H,(H2,15,16). The molecule has 7 nitrogen and oxygen atoms in total. The number of amidine groups is 1. The van der Waals surface area contributed by atoms with Crippen LogP contribution in [0.2, 0.25) is 0 Å². The molecule has 21 heavy (non-hydrogen) atoms. The number of nitro groups is 1. The van der Waals surface area contributed by atoms with Gasteiger partial charge in [0.1, 0.15) is 0 Å². The number of rotatable bonds is 4. The molecule has 2 aromatic rings. The number of nitro benzene ring substituents is 1. The Labute approximate surface area is 118 Å². The topological polar surface area (TPSA) is 111 Å². The highest BCUT2D eigenvalue weighted by Gasteiger charge is 2.16. The van der Waals surface area contributed by atoms with Crippen LogP contribution in [-0.2, 0) is 0 Å². The van der Waals surface area contributed by atoms with E-state index in [4.69, 9.17) is 15.7 Å². The molecule has 2 aromatic carbocycles. The third-order valence-corrected chi connectivity index (χ3v) is 2.62. The molecule has 0 aliphatic heterocycles. The SMILES string of the molecule is N/C(=N\O)c1ccc(Oc2ccccc2[N+](=O)[O-])c(F)c1. The summed E-state index contributed by atoms with van der Waals surface area (Å²) in [6.07, 6.45) is 0. The smallest absolute Gasteiger partial charge is 0.311 e. The molecule has 0 unspecified atom stereocenters. The van der Waals surface area contributed by atoms with Crippen molar-refractivity contribution in [2.45, 2.75) is 0 Å². The molecular formula is C13H10FN3O4. The molecule has 0 bridgehead atoms. The number of benzene rings is 2. The first-order chi connectivity index (χ1) is 10.0. The summed E-state index contributed by atoms with van der Waals surface area (Å²) in [4.78, 5) is 10.2. The average Bonchev–Trinajstić information content (AvgIpc) is 2.48. The van der Waals surface area contributed by atoms with Crippen LogP contribution in [0.5, 0.6) is 11.5 Å². The Morgan fingerprint density at radius 3 is 2.62 bits per heavy atom. The predicted molar refractivity (Wildman–Crippen MR) is 72.1 cm³/mol. The highest BCUT2D eigenvalue weighted by molar-refractivity contribution is 5.97. The van der Waals surface area contributed by atoms with E-state index >= 15 is 0 Å². The maximum Gasteiger partial charge on any atom is 0.311 e. The molecule has 8 heteroatoms. The number of oxime groups is 1. The molecule has 3 N–H and O–H groups in total. The van der Waals surface area contributed by atoms with E-state index < -0.39 is 10.7 Å². The van der Waals surface area contributed by atoms with Crippen molar-refractivity contribution in [2.75, 3.05) is 0 Å². The van der Waals surface area contributed by atoms with Gasteiger partial charge in [0.25, 0.3) is 0 Å². The quantitative estimate of drug-likeness (QED) is 0.296. The van der Waals surface area contributed by atoms with Crippen LogP contribution in [-0.4, -0.2) is 16.0 Å². The molecule has 108 valence electrons. The van der Waals surface area contributed by atoms with Gasteiger partial charge in [0.15, 0.2) is 17.4 Å². The first-order valence-electron chi connectivity index (χ1n) is 5.71. The van der Waals surface area contributed by atoms with Crippen LogP contribution in [0, 0.1) is 15.9 Å². The van der Waals surface area contributed by atoms with E-state index in [1.165, 1.54) is 36.4 Å². The molecule has 0 aliphatic carbocycles. The van der Waals surface area contributed by atoms with Crippen molar-refractivity contribution in [3.63, 3.8) is 0 Å². The maximum absolute atomic E-state index is 13.9. The number of nitrogens with zero attached hydrogens (tertiary/aromatic N) is 2. The summed E-state index contributed by atoms with van der Waals surface area (Å²) >= 11 is 0. The van der Waals surface area contributed by atoms with Crippen molar-refractivity contribution < 1.29 is 19.3 Å². The van der Waals surface area contributed by atoms with Gasteiger partial charge in [-0.3, -0.25) is 10.1 Å². The zero-order valence-electron chi connectivity index (χ0n) is 10.6. The normalized spacial score (nSPS) is 11.2. The van der Waals surface area contributed by atoms with Crippen molar-refractivity contribution in [1.82, 2.24) is 0 Å². The minimum absolute atomic E-state index is 0.0852. The van der Waals surface area contributed by atoms with Gasteiger partial charge in [-0.05, 0) is 24.3 Å². The third kappa shape index (κ3) is 3.06. The molecule has 0 atom stereocenters. The zero-order chi connectivity index (χ0) is 15.4. The Hall–Kier alpha value is -3.16. The van der Waals surface area contributed by atoms with Gasteiger partial charge in [0, 0.05) is 11.6 Å². The molecule has 0 amide bonds. The highest BCUT2D eigenvalue weighted by Crippen LogP contribution is 2.32. The monoisotopic (exact) mass is 291 g/mol. The van der Waals surface area contributed by atoms with Gasteiger partial charge in [-0.15, -0.1) is 0 Å². The molecular weight excluding hydrogens is 281 g/mol. The minimum atomic E-state index is -0.794. The third-order valence-electron chi connectivity index (χ3n) is 2.62. The summed E-state index contributed by atoms with van der Waals surface area (Å²) in [5, 5.41) is 22.1. The lowest BCUT2D eigenvalue weighted by molar-refractivity contribution is -0.385. The van der Waals surface area contributed by atoms with Crippen LogP contribution in [0.4, 0.5) is 10.1 Å². The Morgan fingerprint density at radius 1 is 1.29 bits per heavy atom. The number of para-hydroxylation sites is 2. The molecule has 0 spiro atoms. The molecule has 0 aliphatic rings. The van der Waals surface area contributed by atoms with E-state index in [1.807, 2.05) is 0 Å². The van der Waals surface area contributed by atoms with E-state index in [1.54, 1.807) is 0 Å². The summed E-state index contributed by atoms with van der Waals surface area (Å²) in [6.45, 7) is 0. The van der Waals surface area contributed by atoms with E-state index in [9.17, 15) is 14.5 Å². The van der Waals surface area contributed by atoms with Crippen molar-refractivity contribution in [3.05, 3.63) is 64.0 Å². The van der Waals surface area contributed by atoms with Gasteiger partial charge in [-0.25, -0.2) is 4.39 Å². The average molecular weight is 291 g/mol. The lowest BCUT2D eigenvalue weighted by Gasteiger charge is -2.08. The zero-order valence-corrected chi connectivity index (χ0v) is 10.6. The Kier molecular flexibility index (Phi) is 3.98. The number of nitrogens with two attached hydrogens (primary N) is 1. The molecule has 0 heterocycles. The number of hydrogen-bond donors (Lipinski definition) is 2. The van der Waals surface area contributed by atoms with Gasteiger partial charge < -0.3 is 15.7 Å². The van der Waals surface area contributed by atoms with E-state index in [-0.39, 0.29) is 28.6 Å². The van der Waals surface area contributed by atoms with Gasteiger partial charge in [-0.1, -0.05) is 17.3 Å². The molecule has 0 saturated heterocycles. The summed E-state index contributed by atoms with van der Waals surface area (Å²) in [7, 11) is 0. The fourth-order valence-electron chi connectivity index (χ4n) is 1.61. The van der Waals surface area contributed by atoms with Crippen molar-refractivity contribution in [3.8, 4) is 11.5 Å². The molecule has 2 rings (SSSR count). The molecule has 0 aromatic heterocycles. The number of halogens is 1. The van der Waals surface area contributed by atoms with E-state index in [0.29, 0.717) is 0 Å². The summed E-state index contributed by atoms with van der Waals surface area (Å²) in [5.41, 5.74) is 5.21. The second-order valence-electron chi connectivity index (χ2n) is 3.96. The van der Waals surface area contributed by atoms with Crippen molar-refractivity contribution >= 4 is 11.5 Å². The van der Waals surface area contributed by atoms with Gasteiger partial charge in [-0.2, -0.15) is 0 Å². The number of hydrogen-bond acceptors (Lipinski definition) is 5. The van der Waals surface area contributed by atoms with Gasteiger partial charge in [0.05, 0.1) is 4.92 Å². The first kappa shape index (κ1) is 14.3. The maximum atomic E-state index is 13.9. The molecule has 0 radical (unpaired) electrons. The molecule has 0 fully saturated rings. The second-order valence-corrected chi connectivity index (χ2v) is 3.96. The Balaban J connectivity index is 2.35. The highest BCUT2D eigenvalue weighted by atomic mass is 19.1. The first-order valence-corrected chi connectivity index (χ1v) is 5.71.